The van der Waals surface area contributed by atoms with Crippen molar-refractivity contribution in [3.05, 3.63) is 35.4 Å². The maximum atomic E-state index is 11.9. The summed E-state index contributed by atoms with van der Waals surface area (Å²) < 4.78 is 5.99. The lowest BCUT2D eigenvalue weighted by Crippen LogP contribution is -2.48. The molecule has 0 saturated carbocycles. The van der Waals surface area contributed by atoms with Gasteiger partial charge in [-0.15, -0.1) is 24.0 Å². The van der Waals surface area contributed by atoms with E-state index < -0.39 is 0 Å². The maximum absolute atomic E-state index is 11.9. The molecule has 1 aliphatic rings. The summed E-state index contributed by atoms with van der Waals surface area (Å²) in [7, 11) is 3.50. The highest BCUT2D eigenvalue weighted by Crippen LogP contribution is 2.24. The number of halogens is 1. The Balaban J connectivity index is 0.00000338. The van der Waals surface area contributed by atoms with Gasteiger partial charge < -0.3 is 19.9 Å². The van der Waals surface area contributed by atoms with E-state index in [-0.39, 0.29) is 42.5 Å². The van der Waals surface area contributed by atoms with Crippen LogP contribution in [0.3, 0.4) is 0 Å². The third kappa shape index (κ3) is 6.42. The molecule has 1 fully saturated rings. The van der Waals surface area contributed by atoms with Gasteiger partial charge in [-0.05, 0) is 24.5 Å². The quantitative estimate of drug-likeness (QED) is 0.405. The third-order valence-corrected chi connectivity index (χ3v) is 4.30. The Morgan fingerprint density at radius 1 is 1.38 bits per heavy atom. The number of ether oxygens (including phenoxy) is 1. The third-order valence-electron chi connectivity index (χ3n) is 4.30. The van der Waals surface area contributed by atoms with Gasteiger partial charge in [0.15, 0.2) is 5.96 Å². The lowest BCUT2D eigenvalue weighted by atomic mass is 10.0. The molecule has 1 aliphatic heterocycles. The van der Waals surface area contributed by atoms with Gasteiger partial charge in [0.1, 0.15) is 12.6 Å². The Hall–Kier alpha value is -1.35. The molecule has 1 amide bonds. The van der Waals surface area contributed by atoms with E-state index in [0.29, 0.717) is 6.61 Å². The van der Waals surface area contributed by atoms with Crippen molar-refractivity contribution < 1.29 is 9.53 Å². The fourth-order valence-corrected chi connectivity index (χ4v) is 2.77. The lowest BCUT2D eigenvalue weighted by molar-refractivity contribution is -0.127. The zero-order valence-electron chi connectivity index (χ0n) is 16.2. The molecular weight excluding hydrogens is 443 g/mol. The number of morpholine rings is 1. The smallest absolute Gasteiger partial charge is 0.243 e. The Bertz CT molecular complexity index is 607. The number of carbonyl (C=O) groups is 1. The Morgan fingerprint density at radius 3 is 2.77 bits per heavy atom. The number of likely N-dealkylation sites (N-methyl/N-ethyl adjacent to an activating group) is 1. The number of aryl methyl sites for hydroxylation is 1. The van der Waals surface area contributed by atoms with Crippen LogP contribution in [-0.2, 0) is 9.53 Å². The van der Waals surface area contributed by atoms with Crippen molar-refractivity contribution in [3.63, 3.8) is 0 Å². The molecule has 1 atom stereocenters. The number of guanidine groups is 1. The van der Waals surface area contributed by atoms with E-state index in [2.05, 4.69) is 41.2 Å². The van der Waals surface area contributed by atoms with Gasteiger partial charge in [0, 0.05) is 27.2 Å². The molecule has 0 aromatic heterocycles. The monoisotopic (exact) mass is 474 g/mol. The SMILES string of the molecule is CCCNC(=NCC(=O)N(C)C)N1CCOC(c2ccccc2C)C1.I. The number of carbonyl (C=O) groups excluding carboxylic acids is 1. The molecule has 0 bridgehead atoms. The van der Waals surface area contributed by atoms with Gasteiger partial charge in [0.2, 0.25) is 5.91 Å². The first-order valence-corrected chi connectivity index (χ1v) is 8.93. The fourth-order valence-electron chi connectivity index (χ4n) is 2.77. The number of benzene rings is 1. The normalized spacial score (nSPS) is 17.5. The molecular formula is C19H31IN4O2. The summed E-state index contributed by atoms with van der Waals surface area (Å²) in [4.78, 5) is 20.2. The Morgan fingerprint density at radius 2 is 2.12 bits per heavy atom. The van der Waals surface area contributed by atoms with E-state index in [9.17, 15) is 4.79 Å². The Labute approximate surface area is 174 Å². The van der Waals surface area contributed by atoms with Gasteiger partial charge in [-0.25, -0.2) is 4.99 Å². The molecule has 1 unspecified atom stereocenters. The predicted octanol–water partition coefficient (Wildman–Crippen LogP) is 2.43. The molecule has 2 rings (SSSR count). The highest BCUT2D eigenvalue weighted by Gasteiger charge is 2.25. The van der Waals surface area contributed by atoms with Crippen molar-refractivity contribution >= 4 is 35.8 Å². The summed E-state index contributed by atoms with van der Waals surface area (Å²) in [5, 5.41) is 3.37. The number of hydrogen-bond donors (Lipinski definition) is 1. The van der Waals surface area contributed by atoms with Gasteiger partial charge in [-0.1, -0.05) is 31.2 Å². The van der Waals surface area contributed by atoms with Crippen LogP contribution in [0.1, 0.15) is 30.6 Å². The lowest BCUT2D eigenvalue weighted by Gasteiger charge is -2.36. The second-order valence-corrected chi connectivity index (χ2v) is 6.52. The molecule has 1 saturated heterocycles. The number of hydrogen-bond acceptors (Lipinski definition) is 3. The van der Waals surface area contributed by atoms with Crippen molar-refractivity contribution in [2.75, 3.05) is 46.9 Å². The summed E-state index contributed by atoms with van der Waals surface area (Å²) in [5.74, 6) is 0.790. The number of amides is 1. The Kier molecular flexibility index (Phi) is 9.93. The van der Waals surface area contributed by atoms with Crippen LogP contribution in [0.4, 0.5) is 0 Å². The van der Waals surface area contributed by atoms with Crippen molar-refractivity contribution in [1.82, 2.24) is 15.1 Å². The number of nitrogens with zero attached hydrogens (tertiary/aromatic N) is 3. The first-order chi connectivity index (χ1) is 12.0. The number of nitrogens with one attached hydrogen (secondary N) is 1. The molecule has 0 aliphatic carbocycles. The summed E-state index contributed by atoms with van der Waals surface area (Å²) in [5.41, 5.74) is 2.45. The molecule has 1 aromatic rings. The van der Waals surface area contributed by atoms with Crippen LogP contribution in [0.15, 0.2) is 29.3 Å². The highest BCUT2D eigenvalue weighted by molar-refractivity contribution is 14.0. The molecule has 0 radical (unpaired) electrons. The van der Waals surface area contributed by atoms with Gasteiger partial charge >= 0.3 is 0 Å². The van der Waals surface area contributed by atoms with E-state index in [4.69, 9.17) is 4.74 Å². The zero-order chi connectivity index (χ0) is 18.2. The molecule has 146 valence electrons. The van der Waals surface area contributed by atoms with Crippen LogP contribution in [0.2, 0.25) is 0 Å². The van der Waals surface area contributed by atoms with Crippen molar-refractivity contribution in [2.45, 2.75) is 26.4 Å². The van der Waals surface area contributed by atoms with E-state index in [0.717, 1.165) is 32.0 Å². The van der Waals surface area contributed by atoms with Crippen LogP contribution in [0.5, 0.6) is 0 Å². The van der Waals surface area contributed by atoms with Crippen LogP contribution in [-0.4, -0.2) is 68.5 Å². The van der Waals surface area contributed by atoms with E-state index in [1.807, 2.05) is 12.1 Å². The minimum absolute atomic E-state index is 0. The number of aliphatic imine (C=N–C) groups is 1. The second kappa shape index (κ2) is 11.4. The average molecular weight is 474 g/mol. The summed E-state index contributed by atoms with van der Waals surface area (Å²) in [6.07, 6.45) is 1.03. The predicted molar refractivity (Wildman–Crippen MR) is 116 cm³/mol. The standard InChI is InChI=1S/C19H30N4O2.HI/c1-5-10-20-19(21-13-18(24)22(3)4)23-11-12-25-17(14-23)16-9-7-6-8-15(16)2;/h6-9,17H,5,10-14H2,1-4H3,(H,20,21);1H. The first kappa shape index (κ1) is 22.7. The van der Waals surface area contributed by atoms with Gasteiger partial charge in [0.25, 0.3) is 0 Å². The van der Waals surface area contributed by atoms with E-state index in [1.54, 1.807) is 19.0 Å². The zero-order valence-corrected chi connectivity index (χ0v) is 18.5. The van der Waals surface area contributed by atoms with Gasteiger partial charge in [-0.2, -0.15) is 0 Å². The van der Waals surface area contributed by atoms with Crippen LogP contribution < -0.4 is 5.32 Å². The van der Waals surface area contributed by atoms with Crippen LogP contribution in [0.25, 0.3) is 0 Å². The molecule has 1 aromatic carbocycles. The molecule has 0 spiro atoms. The van der Waals surface area contributed by atoms with Crippen LogP contribution in [0, 0.1) is 6.92 Å². The molecule has 1 N–H and O–H groups in total. The van der Waals surface area contributed by atoms with E-state index >= 15 is 0 Å². The molecule has 26 heavy (non-hydrogen) atoms. The largest absolute Gasteiger partial charge is 0.370 e. The van der Waals surface area contributed by atoms with Gasteiger partial charge in [-0.3, -0.25) is 4.79 Å². The maximum Gasteiger partial charge on any atom is 0.243 e. The summed E-state index contributed by atoms with van der Waals surface area (Å²) in [6, 6.07) is 8.32. The number of rotatable bonds is 5. The molecule has 6 nitrogen and oxygen atoms in total. The second-order valence-electron chi connectivity index (χ2n) is 6.52. The summed E-state index contributed by atoms with van der Waals surface area (Å²) >= 11 is 0. The average Bonchev–Trinajstić information content (AvgIpc) is 2.62. The van der Waals surface area contributed by atoms with Crippen molar-refractivity contribution in [2.24, 2.45) is 4.99 Å². The molecule has 1 heterocycles. The van der Waals surface area contributed by atoms with Crippen molar-refractivity contribution in [1.29, 1.82) is 0 Å². The highest BCUT2D eigenvalue weighted by atomic mass is 127. The minimum Gasteiger partial charge on any atom is -0.370 e. The topological polar surface area (TPSA) is 57.2 Å². The van der Waals surface area contributed by atoms with Crippen molar-refractivity contribution in [3.8, 4) is 0 Å². The van der Waals surface area contributed by atoms with Crippen LogP contribution >= 0.6 is 24.0 Å². The fraction of sp³-hybridized carbons (Fsp3) is 0.579. The van der Waals surface area contributed by atoms with E-state index in [1.165, 1.54) is 11.1 Å². The molecule has 7 heteroatoms. The minimum atomic E-state index is -0.000452. The summed E-state index contributed by atoms with van der Waals surface area (Å²) in [6.45, 7) is 7.37. The van der Waals surface area contributed by atoms with Gasteiger partial charge in [0.05, 0.1) is 13.2 Å². The first-order valence-electron chi connectivity index (χ1n) is 8.93.